The Morgan fingerprint density at radius 2 is 1.77 bits per heavy atom. The van der Waals surface area contributed by atoms with Gasteiger partial charge in [-0.25, -0.2) is 9.69 Å². The molecule has 0 radical (unpaired) electrons. The molecule has 1 heterocycles. The normalized spacial score (nSPS) is 16.7. The topological polar surface area (TPSA) is 92.6 Å². The number of benzene rings is 1. The molecule has 3 amide bonds. The Balaban J connectivity index is 2.53. The lowest BCUT2D eigenvalue weighted by molar-refractivity contribution is -0.388. The third-order valence-electron chi connectivity index (χ3n) is 4.26. The maximum absolute atomic E-state index is 13.2. The van der Waals surface area contributed by atoms with E-state index in [0.29, 0.717) is 42.7 Å². The van der Waals surface area contributed by atoms with E-state index in [4.69, 9.17) is 0 Å². The molecular weight excluding hydrogens is 355 g/mol. The van der Waals surface area contributed by atoms with E-state index in [-0.39, 0.29) is 5.69 Å². The van der Waals surface area contributed by atoms with Crippen LogP contribution in [0.5, 0.6) is 0 Å². The van der Waals surface area contributed by atoms with Crippen molar-refractivity contribution in [2.45, 2.75) is 51.2 Å². The molecule has 0 saturated carbocycles. The second kappa shape index (κ2) is 6.93. The molecule has 26 heavy (non-hydrogen) atoms. The summed E-state index contributed by atoms with van der Waals surface area (Å²) in [5, 5.41) is 13.4. The van der Waals surface area contributed by atoms with Crippen molar-refractivity contribution >= 4 is 23.3 Å². The first-order valence-corrected chi connectivity index (χ1v) is 8.09. The zero-order chi connectivity index (χ0) is 19.7. The molecule has 0 aliphatic carbocycles. The highest BCUT2D eigenvalue weighted by atomic mass is 19.4. The number of carbonyl (C=O) groups excluding carboxylic acids is 2. The van der Waals surface area contributed by atoms with E-state index < -0.39 is 39.8 Å². The van der Waals surface area contributed by atoms with Crippen molar-refractivity contribution < 1.29 is 27.7 Å². The van der Waals surface area contributed by atoms with Crippen LogP contribution in [0.25, 0.3) is 0 Å². The minimum Gasteiger partial charge on any atom is -0.323 e. The van der Waals surface area contributed by atoms with Gasteiger partial charge in [-0.3, -0.25) is 14.9 Å². The summed E-state index contributed by atoms with van der Waals surface area (Å²) in [6.07, 6.45) is -3.12. The zero-order valence-electron chi connectivity index (χ0n) is 14.2. The van der Waals surface area contributed by atoms with E-state index in [9.17, 15) is 32.9 Å². The Hall–Kier alpha value is -2.65. The van der Waals surface area contributed by atoms with E-state index in [0.717, 1.165) is 6.07 Å². The third-order valence-corrected chi connectivity index (χ3v) is 4.26. The highest BCUT2D eigenvalue weighted by molar-refractivity contribution is 6.23. The van der Waals surface area contributed by atoms with Gasteiger partial charge < -0.3 is 5.32 Å². The molecule has 1 aliphatic rings. The average Bonchev–Trinajstić information content (AvgIpc) is 2.77. The zero-order valence-corrected chi connectivity index (χ0v) is 14.2. The van der Waals surface area contributed by atoms with Crippen molar-refractivity contribution in [2.75, 3.05) is 4.90 Å². The van der Waals surface area contributed by atoms with E-state index in [1.54, 1.807) is 0 Å². The number of carbonyl (C=O) groups is 2. The molecule has 142 valence electrons. The number of imide groups is 1. The number of anilines is 1. The van der Waals surface area contributed by atoms with Crippen LogP contribution in [-0.2, 0) is 11.0 Å². The minimum atomic E-state index is -5.00. The van der Waals surface area contributed by atoms with Gasteiger partial charge >= 0.3 is 12.2 Å². The maximum Gasteiger partial charge on any atom is 0.423 e. The van der Waals surface area contributed by atoms with Gasteiger partial charge in [0.25, 0.3) is 11.6 Å². The van der Waals surface area contributed by atoms with E-state index in [1.807, 2.05) is 13.8 Å². The van der Waals surface area contributed by atoms with Crippen LogP contribution in [0.1, 0.15) is 45.1 Å². The molecule has 1 aromatic rings. The van der Waals surface area contributed by atoms with Crippen molar-refractivity contribution in [2.24, 2.45) is 0 Å². The Morgan fingerprint density at radius 3 is 2.23 bits per heavy atom. The molecule has 7 nitrogen and oxygen atoms in total. The van der Waals surface area contributed by atoms with Crippen molar-refractivity contribution in [1.29, 1.82) is 0 Å². The van der Waals surface area contributed by atoms with Crippen molar-refractivity contribution in [3.8, 4) is 0 Å². The van der Waals surface area contributed by atoms with E-state index in [2.05, 4.69) is 5.32 Å². The quantitative estimate of drug-likeness (QED) is 0.463. The number of amides is 3. The predicted molar refractivity (Wildman–Crippen MR) is 86.7 cm³/mol. The van der Waals surface area contributed by atoms with Gasteiger partial charge in [-0.2, -0.15) is 13.2 Å². The van der Waals surface area contributed by atoms with Crippen LogP contribution in [0.3, 0.4) is 0 Å². The number of urea groups is 1. The van der Waals surface area contributed by atoms with E-state index in [1.165, 1.54) is 0 Å². The van der Waals surface area contributed by atoms with Crippen LogP contribution in [0, 0.1) is 10.1 Å². The summed E-state index contributed by atoms with van der Waals surface area (Å²) >= 11 is 0. The van der Waals surface area contributed by atoms with Gasteiger partial charge in [-0.05, 0) is 25.0 Å². The monoisotopic (exact) mass is 373 g/mol. The highest BCUT2D eigenvalue weighted by Crippen LogP contribution is 2.40. The summed E-state index contributed by atoms with van der Waals surface area (Å²) in [7, 11) is 0. The second-order valence-corrected chi connectivity index (χ2v) is 6.11. The summed E-state index contributed by atoms with van der Waals surface area (Å²) in [4.78, 5) is 35.5. The fourth-order valence-electron chi connectivity index (χ4n) is 3.22. The molecule has 0 atom stereocenters. The number of nitro benzene ring substituents is 1. The summed E-state index contributed by atoms with van der Waals surface area (Å²) in [6, 6.07) is 1.25. The average molecular weight is 373 g/mol. The maximum atomic E-state index is 13.2. The fourth-order valence-corrected chi connectivity index (χ4v) is 3.22. The molecule has 0 unspecified atom stereocenters. The smallest absolute Gasteiger partial charge is 0.323 e. The van der Waals surface area contributed by atoms with Gasteiger partial charge in [-0.1, -0.05) is 26.7 Å². The molecule has 2 rings (SSSR count). The largest absolute Gasteiger partial charge is 0.423 e. The lowest BCUT2D eigenvalue weighted by Crippen LogP contribution is -2.46. The number of nitrogens with one attached hydrogen (secondary N) is 1. The SMILES string of the molecule is CCCC1(CCC)NC(=O)N(c2ccc([N+](=O)[O-])c(C(F)(F)F)c2)C1=O. The van der Waals surface area contributed by atoms with Gasteiger partial charge in [0.15, 0.2) is 0 Å². The number of hydrogen-bond donors (Lipinski definition) is 1. The third kappa shape index (κ3) is 3.35. The number of halogens is 3. The van der Waals surface area contributed by atoms with Crippen molar-refractivity contribution in [3.05, 3.63) is 33.9 Å². The Labute approximate surface area is 147 Å². The standard InChI is InChI=1S/C16H18F3N3O4/c1-3-7-15(8-4-2)13(23)21(14(24)20-15)10-5-6-12(22(25)26)11(9-10)16(17,18)19/h5-6,9H,3-4,7-8H2,1-2H3,(H,20,24). The molecule has 0 aromatic heterocycles. The van der Waals surface area contributed by atoms with Gasteiger partial charge in [0, 0.05) is 6.07 Å². The fraction of sp³-hybridized carbons (Fsp3) is 0.500. The lowest BCUT2D eigenvalue weighted by Gasteiger charge is -2.25. The summed E-state index contributed by atoms with van der Waals surface area (Å²) < 4.78 is 39.5. The molecule has 1 fully saturated rings. The summed E-state index contributed by atoms with van der Waals surface area (Å²) in [5.41, 5.74) is -4.16. The highest BCUT2D eigenvalue weighted by Gasteiger charge is 2.51. The predicted octanol–water partition coefficient (Wildman–Crippen LogP) is 4.01. The molecular formula is C16H18F3N3O4. The number of nitrogens with zero attached hydrogens (tertiary/aromatic N) is 2. The van der Waals surface area contributed by atoms with Gasteiger partial charge in [0.2, 0.25) is 0 Å². The second-order valence-electron chi connectivity index (χ2n) is 6.11. The summed E-state index contributed by atoms with van der Waals surface area (Å²) in [6.45, 7) is 3.65. The molecule has 1 aromatic carbocycles. The first-order valence-electron chi connectivity index (χ1n) is 8.09. The number of alkyl halides is 3. The molecule has 1 aliphatic heterocycles. The van der Waals surface area contributed by atoms with Crippen molar-refractivity contribution in [3.63, 3.8) is 0 Å². The van der Waals surface area contributed by atoms with Crippen LogP contribution >= 0.6 is 0 Å². The number of rotatable bonds is 6. The molecule has 0 spiro atoms. The minimum absolute atomic E-state index is 0.348. The van der Waals surface area contributed by atoms with Crippen LogP contribution in [-0.4, -0.2) is 22.4 Å². The van der Waals surface area contributed by atoms with Gasteiger partial charge in [0.05, 0.1) is 10.6 Å². The van der Waals surface area contributed by atoms with Crippen LogP contribution < -0.4 is 10.2 Å². The molecule has 10 heteroatoms. The Bertz CT molecular complexity index is 743. The number of hydrogen-bond acceptors (Lipinski definition) is 4. The van der Waals surface area contributed by atoms with Crippen LogP contribution in [0.4, 0.5) is 29.3 Å². The first-order chi connectivity index (χ1) is 12.1. The summed E-state index contributed by atoms with van der Waals surface area (Å²) in [5.74, 6) is -0.645. The van der Waals surface area contributed by atoms with E-state index >= 15 is 0 Å². The molecule has 0 bridgehead atoms. The van der Waals surface area contributed by atoms with Crippen LogP contribution in [0.2, 0.25) is 0 Å². The lowest BCUT2D eigenvalue weighted by atomic mass is 9.88. The first kappa shape index (κ1) is 19.7. The molecule has 1 saturated heterocycles. The van der Waals surface area contributed by atoms with Gasteiger partial charge in [-0.15, -0.1) is 0 Å². The Morgan fingerprint density at radius 1 is 1.19 bits per heavy atom. The molecule has 1 N–H and O–H groups in total. The van der Waals surface area contributed by atoms with Crippen molar-refractivity contribution in [1.82, 2.24) is 5.32 Å². The Kier molecular flexibility index (Phi) is 5.24. The van der Waals surface area contributed by atoms with Crippen LogP contribution in [0.15, 0.2) is 18.2 Å². The van der Waals surface area contributed by atoms with Gasteiger partial charge in [0.1, 0.15) is 11.1 Å². The number of nitro groups is 1.